The average molecular weight is 333 g/mol. The van der Waals surface area contributed by atoms with Gasteiger partial charge in [0.1, 0.15) is 0 Å². The Hall–Kier alpha value is -1.53. The molecule has 0 unspecified atom stereocenters. The number of nitrogens with two attached hydrogens (primary N) is 1. The normalized spacial score (nSPS) is 16.0. The van der Waals surface area contributed by atoms with Gasteiger partial charge in [0.05, 0.1) is 4.88 Å². The number of aromatic nitrogens is 1. The minimum absolute atomic E-state index is 0.0222. The molecule has 2 heterocycles. The lowest BCUT2D eigenvalue weighted by molar-refractivity contribution is -0.122. The molecule has 1 saturated heterocycles. The number of amides is 1. The molecule has 3 rings (SSSR count). The SMILES string of the molecule is CSc1cccc(-c2cnc(N3CCC(C(N)=O)CC3)s2)c1. The van der Waals surface area contributed by atoms with Gasteiger partial charge in [-0.15, -0.1) is 11.8 Å². The van der Waals surface area contributed by atoms with Crippen LogP contribution in [0.25, 0.3) is 10.4 Å². The van der Waals surface area contributed by atoms with E-state index >= 15 is 0 Å². The molecule has 1 aromatic carbocycles. The highest BCUT2D eigenvalue weighted by Gasteiger charge is 2.24. The lowest BCUT2D eigenvalue weighted by Crippen LogP contribution is -2.38. The summed E-state index contributed by atoms with van der Waals surface area (Å²) in [6.07, 6.45) is 5.68. The minimum Gasteiger partial charge on any atom is -0.369 e. The fourth-order valence-corrected chi connectivity index (χ4v) is 4.10. The molecule has 4 nitrogen and oxygen atoms in total. The van der Waals surface area contributed by atoms with Gasteiger partial charge >= 0.3 is 0 Å². The van der Waals surface area contributed by atoms with E-state index < -0.39 is 0 Å². The molecule has 1 aliphatic rings. The van der Waals surface area contributed by atoms with E-state index in [4.69, 9.17) is 5.73 Å². The summed E-state index contributed by atoms with van der Waals surface area (Å²) in [6, 6.07) is 8.52. The Bertz CT molecular complexity index is 663. The van der Waals surface area contributed by atoms with Gasteiger partial charge in [-0.05, 0) is 36.8 Å². The predicted octanol–water partition coefficient (Wildman–Crippen LogP) is 3.23. The fraction of sp³-hybridized carbons (Fsp3) is 0.375. The number of thioether (sulfide) groups is 1. The Morgan fingerprint density at radius 2 is 2.18 bits per heavy atom. The summed E-state index contributed by atoms with van der Waals surface area (Å²) in [6.45, 7) is 1.71. The lowest BCUT2D eigenvalue weighted by atomic mass is 9.97. The van der Waals surface area contributed by atoms with Crippen LogP contribution >= 0.6 is 23.1 Å². The predicted molar refractivity (Wildman–Crippen MR) is 93.5 cm³/mol. The number of rotatable bonds is 4. The standard InChI is InChI=1S/C16H19N3OS2/c1-21-13-4-2-3-12(9-13)14-10-18-16(22-14)19-7-5-11(6-8-19)15(17)20/h2-4,9-11H,5-8H2,1H3,(H2,17,20). The third-order valence-corrected chi connectivity index (χ3v) is 5.85. The van der Waals surface area contributed by atoms with Crippen molar-refractivity contribution in [2.24, 2.45) is 11.7 Å². The van der Waals surface area contributed by atoms with Crippen LogP contribution in [0.5, 0.6) is 0 Å². The van der Waals surface area contributed by atoms with Crippen LogP contribution in [0.3, 0.4) is 0 Å². The lowest BCUT2D eigenvalue weighted by Gasteiger charge is -2.30. The van der Waals surface area contributed by atoms with Gasteiger partial charge in [-0.25, -0.2) is 4.98 Å². The molecule has 0 aliphatic carbocycles. The van der Waals surface area contributed by atoms with Crippen molar-refractivity contribution in [1.29, 1.82) is 0 Å². The van der Waals surface area contributed by atoms with Gasteiger partial charge in [0.2, 0.25) is 5.91 Å². The van der Waals surface area contributed by atoms with Crippen LogP contribution < -0.4 is 10.6 Å². The van der Waals surface area contributed by atoms with E-state index in [9.17, 15) is 4.79 Å². The first-order valence-corrected chi connectivity index (χ1v) is 9.36. The fourth-order valence-electron chi connectivity index (χ4n) is 2.68. The molecular formula is C16H19N3OS2. The molecule has 1 amide bonds. The molecule has 1 aliphatic heterocycles. The van der Waals surface area contributed by atoms with Crippen molar-refractivity contribution in [2.75, 3.05) is 24.2 Å². The Balaban J connectivity index is 1.73. The van der Waals surface area contributed by atoms with Crippen LogP contribution in [0, 0.1) is 5.92 Å². The molecular weight excluding hydrogens is 314 g/mol. The van der Waals surface area contributed by atoms with Gasteiger partial charge in [-0.2, -0.15) is 0 Å². The molecule has 0 spiro atoms. The Morgan fingerprint density at radius 1 is 1.41 bits per heavy atom. The number of anilines is 1. The maximum absolute atomic E-state index is 11.2. The third-order valence-electron chi connectivity index (χ3n) is 4.02. The van der Waals surface area contributed by atoms with E-state index in [0.29, 0.717) is 0 Å². The van der Waals surface area contributed by atoms with Gasteiger partial charge in [0.25, 0.3) is 0 Å². The number of carbonyl (C=O) groups excluding carboxylic acids is 1. The molecule has 1 fully saturated rings. The molecule has 1 aromatic heterocycles. The minimum atomic E-state index is -0.173. The zero-order valence-corrected chi connectivity index (χ0v) is 14.1. The van der Waals surface area contributed by atoms with Gasteiger partial charge in [-0.1, -0.05) is 23.5 Å². The molecule has 6 heteroatoms. The Kier molecular flexibility index (Phi) is 4.69. The number of primary amides is 1. The molecule has 22 heavy (non-hydrogen) atoms. The molecule has 0 bridgehead atoms. The molecule has 0 atom stereocenters. The highest BCUT2D eigenvalue weighted by Crippen LogP contribution is 2.34. The van der Waals surface area contributed by atoms with Crippen molar-refractivity contribution in [3.05, 3.63) is 30.5 Å². The number of piperidine rings is 1. The van der Waals surface area contributed by atoms with Crippen molar-refractivity contribution in [3.8, 4) is 10.4 Å². The molecule has 0 saturated carbocycles. The first-order chi connectivity index (χ1) is 10.7. The summed E-state index contributed by atoms with van der Waals surface area (Å²) in [5.41, 5.74) is 6.60. The van der Waals surface area contributed by atoms with Gasteiger partial charge < -0.3 is 10.6 Å². The van der Waals surface area contributed by atoms with Crippen LogP contribution in [0.4, 0.5) is 5.13 Å². The Labute approximate surface area is 138 Å². The van der Waals surface area contributed by atoms with Crippen molar-refractivity contribution < 1.29 is 4.79 Å². The van der Waals surface area contributed by atoms with E-state index in [1.54, 1.807) is 23.1 Å². The summed E-state index contributed by atoms with van der Waals surface area (Å²) in [4.78, 5) is 20.5. The second-order valence-corrected chi connectivity index (χ2v) is 7.29. The number of nitrogens with zero attached hydrogens (tertiary/aromatic N) is 2. The summed E-state index contributed by atoms with van der Waals surface area (Å²) in [7, 11) is 0. The number of carbonyl (C=O) groups is 1. The highest BCUT2D eigenvalue weighted by molar-refractivity contribution is 7.98. The summed E-state index contributed by atoms with van der Waals surface area (Å²) >= 11 is 3.46. The first-order valence-electron chi connectivity index (χ1n) is 7.32. The highest BCUT2D eigenvalue weighted by atomic mass is 32.2. The Morgan fingerprint density at radius 3 is 2.86 bits per heavy atom. The maximum atomic E-state index is 11.2. The smallest absolute Gasteiger partial charge is 0.220 e. The van der Waals surface area contributed by atoms with Crippen molar-refractivity contribution >= 4 is 34.1 Å². The van der Waals surface area contributed by atoms with E-state index in [0.717, 1.165) is 31.1 Å². The van der Waals surface area contributed by atoms with E-state index in [1.165, 1.54) is 15.3 Å². The molecule has 2 N–H and O–H groups in total. The van der Waals surface area contributed by atoms with Crippen LogP contribution in [0.1, 0.15) is 12.8 Å². The number of hydrogen-bond acceptors (Lipinski definition) is 5. The van der Waals surface area contributed by atoms with Crippen molar-refractivity contribution in [2.45, 2.75) is 17.7 Å². The quantitative estimate of drug-likeness (QED) is 0.873. The molecule has 116 valence electrons. The molecule has 0 radical (unpaired) electrons. The van der Waals surface area contributed by atoms with Gasteiger partial charge in [0, 0.05) is 30.1 Å². The largest absolute Gasteiger partial charge is 0.369 e. The first kappa shape index (κ1) is 15.4. The number of benzene rings is 1. The van der Waals surface area contributed by atoms with Gasteiger partial charge in [0.15, 0.2) is 5.13 Å². The zero-order valence-electron chi connectivity index (χ0n) is 12.5. The zero-order chi connectivity index (χ0) is 15.5. The van der Waals surface area contributed by atoms with Crippen molar-refractivity contribution in [3.63, 3.8) is 0 Å². The van der Waals surface area contributed by atoms with E-state index in [-0.39, 0.29) is 11.8 Å². The number of thiazole rings is 1. The second-order valence-electron chi connectivity index (χ2n) is 5.40. The average Bonchev–Trinajstić information content (AvgIpc) is 3.05. The molecule has 2 aromatic rings. The summed E-state index contributed by atoms with van der Waals surface area (Å²) in [5.74, 6) is -0.151. The third kappa shape index (κ3) is 3.28. The van der Waals surface area contributed by atoms with E-state index in [1.807, 2.05) is 6.20 Å². The summed E-state index contributed by atoms with van der Waals surface area (Å²) in [5, 5.41) is 1.03. The topological polar surface area (TPSA) is 59.2 Å². The van der Waals surface area contributed by atoms with Crippen LogP contribution in [0.2, 0.25) is 0 Å². The van der Waals surface area contributed by atoms with Crippen molar-refractivity contribution in [1.82, 2.24) is 4.98 Å². The van der Waals surface area contributed by atoms with Crippen LogP contribution in [0.15, 0.2) is 35.4 Å². The second kappa shape index (κ2) is 6.71. The van der Waals surface area contributed by atoms with Crippen LogP contribution in [-0.4, -0.2) is 30.2 Å². The maximum Gasteiger partial charge on any atom is 0.220 e. The number of hydrogen-bond donors (Lipinski definition) is 1. The van der Waals surface area contributed by atoms with Gasteiger partial charge in [-0.3, -0.25) is 4.79 Å². The van der Waals surface area contributed by atoms with Crippen LogP contribution in [-0.2, 0) is 4.79 Å². The monoisotopic (exact) mass is 333 g/mol. The summed E-state index contributed by atoms with van der Waals surface area (Å²) < 4.78 is 0. The van der Waals surface area contributed by atoms with E-state index in [2.05, 4.69) is 40.4 Å².